The van der Waals surface area contributed by atoms with Gasteiger partial charge in [0.15, 0.2) is 0 Å². The second-order valence-corrected chi connectivity index (χ2v) is 11.6. The van der Waals surface area contributed by atoms with Crippen LogP contribution in [0.2, 0.25) is 0 Å². The highest BCUT2D eigenvalue weighted by atomic mass is 19.1. The molecule has 4 aromatic carbocycles. The summed E-state index contributed by atoms with van der Waals surface area (Å²) in [5.74, 6) is -1.25. The zero-order chi connectivity index (χ0) is 31.5. The third-order valence-corrected chi connectivity index (χ3v) is 8.87. The lowest BCUT2D eigenvalue weighted by Crippen LogP contribution is -2.42. The molecule has 0 aliphatic carbocycles. The summed E-state index contributed by atoms with van der Waals surface area (Å²) in [6, 6.07) is 19.6. The molecular weight excluding hydrogens is 559 g/mol. The van der Waals surface area contributed by atoms with Crippen LogP contribution in [0.25, 0.3) is 21.9 Å². The number of carbonyl (C=O) groups excluding carboxylic acids is 1. The van der Waals surface area contributed by atoms with Crippen molar-refractivity contribution < 1.29 is 28.6 Å². The Hall–Kier alpha value is -4.43. The molecule has 2 unspecified atom stereocenters. The molecule has 2 N–H and O–H groups in total. The Labute approximate surface area is 257 Å². The van der Waals surface area contributed by atoms with Gasteiger partial charge in [-0.2, -0.15) is 0 Å². The number of amides is 1. The van der Waals surface area contributed by atoms with Gasteiger partial charge in [0.05, 0.1) is 25.3 Å². The zero-order valence-electron chi connectivity index (χ0n) is 25.8. The van der Waals surface area contributed by atoms with E-state index in [1.165, 1.54) is 12.1 Å². The second kappa shape index (κ2) is 13.1. The maximum atomic E-state index is 14.5. The quantitative estimate of drug-likeness (QED) is 0.210. The number of rotatable bonds is 10. The molecule has 0 aromatic heterocycles. The van der Waals surface area contributed by atoms with Gasteiger partial charge in [0.2, 0.25) is 0 Å². The smallest absolute Gasteiger partial charge is 0.326 e. The van der Waals surface area contributed by atoms with Crippen LogP contribution in [0.4, 0.5) is 4.39 Å². The first-order chi connectivity index (χ1) is 21.1. The molecule has 1 fully saturated rings. The zero-order valence-corrected chi connectivity index (χ0v) is 25.8. The van der Waals surface area contributed by atoms with Gasteiger partial charge >= 0.3 is 5.97 Å². The summed E-state index contributed by atoms with van der Waals surface area (Å²) in [7, 11) is 3.31. The normalized spacial score (nSPS) is 17.4. The van der Waals surface area contributed by atoms with Gasteiger partial charge in [-0.15, -0.1) is 0 Å². The van der Waals surface area contributed by atoms with Crippen molar-refractivity contribution in [3.8, 4) is 22.6 Å². The maximum Gasteiger partial charge on any atom is 0.326 e. The Morgan fingerprint density at radius 1 is 0.932 bits per heavy atom. The standard InChI is InChI=1S/C36H39FN2O5/c1-21-9-6-14-29(37)32(21)35(40)38-30(36(41)42)19-24-10-7-12-27-26(24)11-8-13-28(27)33-31(43-4)18-17-25(34(33)44-5)20-39-22(2)15-16-23(39)3/h6-14,17-18,22-23,30H,15-16,19-20H2,1-5H3,(H,38,40)(H,41,42)/t22?,23?,30-/m0/s1. The van der Waals surface area contributed by atoms with Gasteiger partial charge in [-0.25, -0.2) is 9.18 Å². The van der Waals surface area contributed by atoms with Crippen molar-refractivity contribution in [3.05, 3.63) is 94.8 Å². The Bertz CT molecular complexity index is 1670. The van der Waals surface area contributed by atoms with Crippen LogP contribution in [0, 0.1) is 12.7 Å². The fraction of sp³-hybridized carbons (Fsp3) is 0.333. The number of hydrogen-bond donors (Lipinski definition) is 2. The van der Waals surface area contributed by atoms with Crippen LogP contribution in [-0.2, 0) is 17.8 Å². The number of benzene rings is 4. The van der Waals surface area contributed by atoms with Crippen LogP contribution in [0.3, 0.4) is 0 Å². The van der Waals surface area contributed by atoms with Gasteiger partial charge < -0.3 is 19.9 Å². The molecule has 5 rings (SSSR count). The molecule has 0 saturated carbocycles. The number of aliphatic carboxylic acids is 1. The minimum atomic E-state index is -1.27. The molecule has 7 nitrogen and oxygen atoms in total. The number of hydrogen-bond acceptors (Lipinski definition) is 5. The molecule has 0 radical (unpaired) electrons. The summed E-state index contributed by atoms with van der Waals surface area (Å²) in [4.78, 5) is 27.8. The van der Waals surface area contributed by atoms with Gasteiger partial charge in [0.25, 0.3) is 5.91 Å². The van der Waals surface area contributed by atoms with E-state index in [9.17, 15) is 19.1 Å². The third kappa shape index (κ3) is 5.99. The highest BCUT2D eigenvalue weighted by Crippen LogP contribution is 2.45. The predicted molar refractivity (Wildman–Crippen MR) is 170 cm³/mol. The molecule has 0 spiro atoms. The van der Waals surface area contributed by atoms with Crippen molar-refractivity contribution in [1.82, 2.24) is 10.2 Å². The van der Waals surface area contributed by atoms with Crippen LogP contribution in [0.15, 0.2) is 66.7 Å². The van der Waals surface area contributed by atoms with Crippen molar-refractivity contribution in [2.24, 2.45) is 0 Å². The van der Waals surface area contributed by atoms with E-state index in [0.29, 0.717) is 23.4 Å². The molecule has 1 aliphatic heterocycles. The van der Waals surface area contributed by atoms with Crippen molar-refractivity contribution in [2.75, 3.05) is 14.2 Å². The van der Waals surface area contributed by atoms with Gasteiger partial charge in [0, 0.05) is 30.6 Å². The molecule has 230 valence electrons. The van der Waals surface area contributed by atoms with E-state index in [1.54, 1.807) is 27.2 Å². The SMILES string of the molecule is COc1ccc(CN2C(C)CCC2C)c(OC)c1-c1cccc2c(C[C@H](NC(=O)c3c(C)cccc3F)C(=O)O)cccc12. The topological polar surface area (TPSA) is 88.1 Å². The molecule has 1 heterocycles. The number of nitrogens with zero attached hydrogens (tertiary/aromatic N) is 1. The van der Waals surface area contributed by atoms with Crippen LogP contribution < -0.4 is 14.8 Å². The lowest BCUT2D eigenvalue weighted by molar-refractivity contribution is -0.139. The van der Waals surface area contributed by atoms with Crippen molar-refractivity contribution in [2.45, 2.75) is 64.7 Å². The highest BCUT2D eigenvalue weighted by molar-refractivity contribution is 6.02. The van der Waals surface area contributed by atoms with E-state index in [4.69, 9.17) is 9.47 Å². The Morgan fingerprint density at radius 3 is 2.27 bits per heavy atom. The average molecular weight is 599 g/mol. The maximum absolute atomic E-state index is 14.5. The number of carboxylic acid groups (broad SMARTS) is 1. The first-order valence-electron chi connectivity index (χ1n) is 14.9. The lowest BCUT2D eigenvalue weighted by Gasteiger charge is -2.28. The first-order valence-corrected chi connectivity index (χ1v) is 14.9. The summed E-state index contributed by atoms with van der Waals surface area (Å²) in [5, 5.41) is 14.3. The molecule has 44 heavy (non-hydrogen) atoms. The number of likely N-dealkylation sites (tertiary alicyclic amines) is 1. The summed E-state index contributed by atoms with van der Waals surface area (Å²) in [6.45, 7) is 6.89. The largest absolute Gasteiger partial charge is 0.496 e. The average Bonchev–Trinajstić information content (AvgIpc) is 3.32. The fourth-order valence-corrected chi connectivity index (χ4v) is 6.49. The van der Waals surface area contributed by atoms with E-state index >= 15 is 0 Å². The van der Waals surface area contributed by atoms with E-state index in [-0.39, 0.29) is 12.0 Å². The number of fused-ring (bicyclic) bond motifs is 1. The monoisotopic (exact) mass is 598 g/mol. The molecule has 8 heteroatoms. The first kappa shape index (κ1) is 31.0. The van der Waals surface area contributed by atoms with E-state index in [2.05, 4.69) is 30.1 Å². The Kier molecular flexibility index (Phi) is 9.20. The summed E-state index contributed by atoms with van der Waals surface area (Å²) >= 11 is 0. The lowest BCUT2D eigenvalue weighted by atomic mass is 9.91. The van der Waals surface area contributed by atoms with E-state index < -0.39 is 23.7 Å². The Balaban J connectivity index is 1.54. The molecule has 1 saturated heterocycles. The van der Waals surface area contributed by atoms with Crippen LogP contribution >= 0.6 is 0 Å². The van der Waals surface area contributed by atoms with Crippen LogP contribution in [0.1, 0.15) is 53.7 Å². The number of aryl methyl sites for hydroxylation is 1. The Morgan fingerprint density at radius 2 is 1.61 bits per heavy atom. The number of nitrogens with one attached hydrogen (secondary N) is 1. The number of carbonyl (C=O) groups is 2. The minimum absolute atomic E-state index is 0.00835. The highest BCUT2D eigenvalue weighted by Gasteiger charge is 2.30. The summed E-state index contributed by atoms with van der Waals surface area (Å²) < 4.78 is 26.4. The van der Waals surface area contributed by atoms with Crippen molar-refractivity contribution in [3.63, 3.8) is 0 Å². The van der Waals surface area contributed by atoms with Gasteiger partial charge in [-0.3, -0.25) is 9.69 Å². The summed E-state index contributed by atoms with van der Waals surface area (Å²) in [6.07, 6.45) is 2.33. The third-order valence-electron chi connectivity index (χ3n) is 8.87. The second-order valence-electron chi connectivity index (χ2n) is 11.6. The summed E-state index contributed by atoms with van der Waals surface area (Å²) in [5.41, 5.74) is 3.79. The fourth-order valence-electron chi connectivity index (χ4n) is 6.49. The molecular formula is C36H39FN2O5. The molecule has 0 bridgehead atoms. The minimum Gasteiger partial charge on any atom is -0.496 e. The number of ether oxygens (including phenoxy) is 2. The van der Waals surface area contributed by atoms with E-state index in [1.807, 2.05) is 42.5 Å². The van der Waals surface area contributed by atoms with Gasteiger partial charge in [-0.05, 0) is 73.2 Å². The molecule has 3 atom stereocenters. The number of carboxylic acids is 1. The van der Waals surface area contributed by atoms with Crippen LogP contribution in [-0.4, -0.2) is 54.2 Å². The number of halogens is 1. The van der Waals surface area contributed by atoms with Crippen LogP contribution in [0.5, 0.6) is 11.5 Å². The van der Waals surface area contributed by atoms with E-state index in [0.717, 1.165) is 58.2 Å². The van der Waals surface area contributed by atoms with Crippen molar-refractivity contribution in [1.29, 1.82) is 0 Å². The predicted octanol–water partition coefficient (Wildman–Crippen LogP) is 6.77. The van der Waals surface area contributed by atoms with Gasteiger partial charge in [0.1, 0.15) is 23.4 Å². The van der Waals surface area contributed by atoms with Crippen molar-refractivity contribution >= 4 is 22.6 Å². The molecule has 4 aromatic rings. The number of methoxy groups -OCH3 is 2. The molecule has 1 amide bonds. The van der Waals surface area contributed by atoms with Gasteiger partial charge in [-0.1, -0.05) is 54.6 Å². The molecule has 1 aliphatic rings.